The molecule has 0 radical (unpaired) electrons. The van der Waals surface area contributed by atoms with Crippen molar-refractivity contribution in [2.75, 3.05) is 12.8 Å². The number of ether oxygens (including phenoxy) is 1. The molecule has 0 atom stereocenters. The van der Waals surface area contributed by atoms with Crippen LogP contribution in [0.3, 0.4) is 0 Å². The van der Waals surface area contributed by atoms with E-state index in [1.165, 1.54) is 6.42 Å². The van der Waals surface area contributed by atoms with Crippen LogP contribution in [0.1, 0.15) is 29.6 Å². The van der Waals surface area contributed by atoms with Gasteiger partial charge in [0.25, 0.3) is 5.91 Å². The summed E-state index contributed by atoms with van der Waals surface area (Å²) < 4.78 is 5.03. The Morgan fingerprint density at radius 1 is 1.50 bits per heavy atom. The van der Waals surface area contributed by atoms with Crippen molar-refractivity contribution in [2.45, 2.75) is 25.3 Å². The van der Waals surface area contributed by atoms with Gasteiger partial charge in [-0.25, -0.2) is 0 Å². The molecule has 86 valence electrons. The zero-order valence-corrected chi connectivity index (χ0v) is 9.32. The van der Waals surface area contributed by atoms with Crippen molar-refractivity contribution < 1.29 is 9.53 Å². The summed E-state index contributed by atoms with van der Waals surface area (Å²) >= 11 is 0. The Bertz CT molecular complexity index is 400. The van der Waals surface area contributed by atoms with Gasteiger partial charge in [-0.3, -0.25) is 4.79 Å². The van der Waals surface area contributed by atoms with Gasteiger partial charge in [-0.1, -0.05) is 0 Å². The summed E-state index contributed by atoms with van der Waals surface area (Å²) in [7, 11) is 1.57. The average molecular weight is 220 g/mol. The molecule has 16 heavy (non-hydrogen) atoms. The Labute approximate surface area is 94.8 Å². The fourth-order valence-electron chi connectivity index (χ4n) is 1.69. The van der Waals surface area contributed by atoms with Crippen molar-refractivity contribution in [3.05, 3.63) is 23.8 Å². The lowest BCUT2D eigenvalue weighted by Gasteiger charge is -2.26. The van der Waals surface area contributed by atoms with Crippen LogP contribution in [0.5, 0.6) is 5.75 Å². The molecule has 3 N–H and O–H groups in total. The molecule has 4 heteroatoms. The minimum absolute atomic E-state index is 0.0927. The van der Waals surface area contributed by atoms with Gasteiger partial charge in [-0.15, -0.1) is 0 Å². The normalized spacial score (nSPS) is 15.3. The second-order valence-corrected chi connectivity index (χ2v) is 4.05. The number of hydrogen-bond donors (Lipinski definition) is 2. The van der Waals surface area contributed by atoms with Crippen LogP contribution in [0.15, 0.2) is 18.2 Å². The fourth-order valence-corrected chi connectivity index (χ4v) is 1.69. The molecule has 0 aromatic heterocycles. The Kier molecular flexibility index (Phi) is 2.99. The molecule has 1 aromatic carbocycles. The first-order valence-electron chi connectivity index (χ1n) is 5.45. The molecule has 1 saturated carbocycles. The smallest absolute Gasteiger partial charge is 0.253 e. The van der Waals surface area contributed by atoms with Gasteiger partial charge < -0.3 is 15.8 Å². The van der Waals surface area contributed by atoms with Crippen LogP contribution >= 0.6 is 0 Å². The van der Waals surface area contributed by atoms with E-state index in [0.29, 0.717) is 23.0 Å². The Morgan fingerprint density at radius 3 is 2.75 bits per heavy atom. The summed E-state index contributed by atoms with van der Waals surface area (Å²) in [5, 5.41) is 2.95. The van der Waals surface area contributed by atoms with Crippen LogP contribution in [-0.4, -0.2) is 19.1 Å². The molecule has 0 saturated heterocycles. The van der Waals surface area contributed by atoms with Crippen LogP contribution in [0.2, 0.25) is 0 Å². The van der Waals surface area contributed by atoms with Gasteiger partial charge in [0.15, 0.2) is 0 Å². The highest BCUT2D eigenvalue weighted by Gasteiger charge is 2.21. The predicted molar refractivity (Wildman–Crippen MR) is 62.5 cm³/mol. The lowest BCUT2D eigenvalue weighted by Crippen LogP contribution is -2.39. The van der Waals surface area contributed by atoms with Crippen molar-refractivity contribution in [2.24, 2.45) is 0 Å². The van der Waals surface area contributed by atoms with Crippen molar-refractivity contribution in [1.82, 2.24) is 5.32 Å². The number of nitrogens with one attached hydrogen (secondary N) is 1. The highest BCUT2D eigenvalue weighted by atomic mass is 16.5. The number of benzene rings is 1. The summed E-state index contributed by atoms with van der Waals surface area (Å²) in [6, 6.07) is 5.43. The molecule has 1 aliphatic carbocycles. The number of amides is 1. The van der Waals surface area contributed by atoms with Gasteiger partial charge >= 0.3 is 0 Å². The van der Waals surface area contributed by atoms with Crippen LogP contribution < -0.4 is 15.8 Å². The molecule has 0 bridgehead atoms. The highest BCUT2D eigenvalue weighted by Crippen LogP contribution is 2.22. The van der Waals surface area contributed by atoms with Crippen LogP contribution in [0.25, 0.3) is 0 Å². The zero-order chi connectivity index (χ0) is 11.5. The lowest BCUT2D eigenvalue weighted by molar-refractivity contribution is 0.0918. The predicted octanol–water partition coefficient (Wildman–Crippen LogP) is 1.56. The first kappa shape index (κ1) is 10.8. The Hall–Kier alpha value is -1.71. The SMILES string of the molecule is COc1ccc(C(=O)NC2CCC2)c(N)c1. The van der Waals surface area contributed by atoms with Gasteiger partial charge in [-0.2, -0.15) is 0 Å². The van der Waals surface area contributed by atoms with Gasteiger partial charge in [0.1, 0.15) is 5.75 Å². The van der Waals surface area contributed by atoms with E-state index in [2.05, 4.69) is 5.32 Å². The van der Waals surface area contributed by atoms with Crippen molar-refractivity contribution in [1.29, 1.82) is 0 Å². The molecule has 1 amide bonds. The summed E-state index contributed by atoms with van der Waals surface area (Å²) in [6.07, 6.45) is 3.34. The summed E-state index contributed by atoms with van der Waals surface area (Å²) in [5.74, 6) is 0.572. The molecule has 1 aromatic rings. The highest BCUT2D eigenvalue weighted by molar-refractivity contribution is 5.99. The van der Waals surface area contributed by atoms with Gasteiger partial charge in [0, 0.05) is 17.8 Å². The minimum atomic E-state index is -0.0927. The van der Waals surface area contributed by atoms with E-state index in [1.54, 1.807) is 25.3 Å². The van der Waals surface area contributed by atoms with E-state index in [4.69, 9.17) is 10.5 Å². The standard InChI is InChI=1S/C12H16N2O2/c1-16-9-5-6-10(11(13)7-9)12(15)14-8-3-2-4-8/h5-8H,2-4,13H2,1H3,(H,14,15). The molecule has 1 aliphatic rings. The molecule has 0 spiro atoms. The third-order valence-corrected chi connectivity index (χ3v) is 2.94. The number of carbonyl (C=O) groups excluding carboxylic acids is 1. The second kappa shape index (κ2) is 4.43. The van der Waals surface area contributed by atoms with Crippen LogP contribution in [0, 0.1) is 0 Å². The maximum absolute atomic E-state index is 11.8. The number of hydrogen-bond acceptors (Lipinski definition) is 3. The maximum atomic E-state index is 11.8. The zero-order valence-electron chi connectivity index (χ0n) is 9.32. The topological polar surface area (TPSA) is 64.3 Å². The van der Waals surface area contributed by atoms with Crippen LogP contribution in [-0.2, 0) is 0 Å². The van der Waals surface area contributed by atoms with E-state index >= 15 is 0 Å². The number of anilines is 1. The summed E-state index contributed by atoms with van der Waals surface area (Å²) in [4.78, 5) is 11.8. The maximum Gasteiger partial charge on any atom is 0.253 e. The van der Waals surface area contributed by atoms with Gasteiger partial charge in [0.2, 0.25) is 0 Å². The molecule has 4 nitrogen and oxygen atoms in total. The number of rotatable bonds is 3. The summed E-state index contributed by atoms with van der Waals surface area (Å²) in [5.41, 5.74) is 6.77. The monoisotopic (exact) mass is 220 g/mol. The van der Waals surface area contributed by atoms with Gasteiger partial charge in [-0.05, 0) is 31.4 Å². The first-order valence-corrected chi connectivity index (χ1v) is 5.45. The number of nitrogen functional groups attached to an aromatic ring is 1. The Balaban J connectivity index is 2.09. The van der Waals surface area contributed by atoms with Crippen molar-refractivity contribution >= 4 is 11.6 Å². The van der Waals surface area contributed by atoms with Crippen molar-refractivity contribution in [3.8, 4) is 5.75 Å². The number of nitrogens with two attached hydrogens (primary N) is 1. The minimum Gasteiger partial charge on any atom is -0.497 e. The molecular formula is C12H16N2O2. The molecule has 1 fully saturated rings. The van der Waals surface area contributed by atoms with Crippen molar-refractivity contribution in [3.63, 3.8) is 0 Å². The molecule has 2 rings (SSSR count). The van der Waals surface area contributed by atoms with E-state index in [0.717, 1.165) is 12.8 Å². The molecular weight excluding hydrogens is 204 g/mol. The van der Waals surface area contributed by atoms with E-state index in [1.807, 2.05) is 0 Å². The Morgan fingerprint density at radius 2 is 2.25 bits per heavy atom. The van der Waals surface area contributed by atoms with E-state index < -0.39 is 0 Å². The third kappa shape index (κ3) is 2.10. The fraction of sp³-hybridized carbons (Fsp3) is 0.417. The largest absolute Gasteiger partial charge is 0.497 e. The second-order valence-electron chi connectivity index (χ2n) is 4.05. The third-order valence-electron chi connectivity index (χ3n) is 2.94. The molecule has 0 aliphatic heterocycles. The number of methoxy groups -OCH3 is 1. The van der Waals surface area contributed by atoms with Crippen LogP contribution in [0.4, 0.5) is 5.69 Å². The first-order chi connectivity index (χ1) is 7.70. The average Bonchev–Trinajstić information content (AvgIpc) is 2.23. The van der Waals surface area contributed by atoms with Gasteiger partial charge in [0.05, 0.1) is 12.7 Å². The summed E-state index contributed by atoms with van der Waals surface area (Å²) in [6.45, 7) is 0. The lowest BCUT2D eigenvalue weighted by atomic mass is 9.93. The quantitative estimate of drug-likeness (QED) is 0.760. The van der Waals surface area contributed by atoms with E-state index in [9.17, 15) is 4.79 Å². The van der Waals surface area contributed by atoms with E-state index in [-0.39, 0.29) is 5.91 Å². The molecule has 0 heterocycles. The number of carbonyl (C=O) groups is 1. The molecule has 0 unspecified atom stereocenters.